The summed E-state index contributed by atoms with van der Waals surface area (Å²) in [4.78, 5) is 80.9. The fourth-order valence-electron chi connectivity index (χ4n) is 7.01. The molecule has 1 aliphatic rings. The summed E-state index contributed by atoms with van der Waals surface area (Å²) in [5.74, 6) is -0.413. The Hall–Kier alpha value is -7.04. The molecule has 0 heterocycles. The van der Waals surface area contributed by atoms with Gasteiger partial charge in [-0.3, -0.25) is 4.79 Å². The summed E-state index contributed by atoms with van der Waals surface area (Å²) in [5.41, 5.74) is 2.72. The number of hydrogen-bond donors (Lipinski definition) is 4. The lowest BCUT2D eigenvalue weighted by Gasteiger charge is -2.25. The molecule has 17 nitrogen and oxygen atoms in total. The number of nitrogens with zero attached hydrogens (tertiary/aromatic N) is 2. The molecule has 0 fully saturated rings. The van der Waals surface area contributed by atoms with Crippen LogP contribution in [0.5, 0.6) is 0 Å². The van der Waals surface area contributed by atoms with Crippen LogP contribution < -0.4 is 21.3 Å². The topological polar surface area (TPSA) is 203 Å². The molecule has 3 aromatic rings. The van der Waals surface area contributed by atoms with E-state index in [-0.39, 0.29) is 52.5 Å². The van der Waals surface area contributed by atoms with E-state index in [1.54, 1.807) is 30.6 Å². The Labute approximate surface area is 412 Å². The molecule has 1 atom stereocenters. The fraction of sp³-hybridized carbons (Fsp3) is 0.472. The standard InChI is InChI=1S/C53H72N6O11/c1-53(2,3)70-50(63)57-46(30-16-17-31-55-48(61)66-38-42-22-8-4-9-23-42)47(60)54-32-20-36-58(51(64)68-40-44-26-12-6-13-27-44)34-18-19-35-59(52(65)69-41-45-28-14-7-15-29-45)37-21-33-56-49(62)67-39-43-24-10-5-11-25-43/h5-8,10-15,22-29,46H,4,9,16-21,30-41H2,1-3H3,(H,54,60)(H,55,61)(H,56,62)(H,57,63)/t46-/m1/s1. The highest BCUT2D eigenvalue weighted by molar-refractivity contribution is 5.85. The number of ether oxygens (including phenoxy) is 5. The molecular formula is C53H72N6O11. The number of allylic oxidation sites excluding steroid dienone is 2. The quantitative estimate of drug-likeness (QED) is 0.0400. The van der Waals surface area contributed by atoms with Gasteiger partial charge in [0.2, 0.25) is 5.91 Å². The second kappa shape index (κ2) is 31.9. The Kier molecular flexibility index (Phi) is 25.3. The summed E-state index contributed by atoms with van der Waals surface area (Å²) in [7, 11) is 0. The van der Waals surface area contributed by atoms with Crippen molar-refractivity contribution in [2.45, 2.75) is 110 Å². The minimum absolute atomic E-state index is 0.0758. The SMILES string of the molecule is CC(C)(C)OC(=O)N[C@H](CCCCNC(=O)OCC1=CCCC=C1)C(=O)NCCCN(CCCCN(CCCNC(=O)OCc1ccccc1)C(=O)OCc1ccccc1)C(=O)OCc1ccccc1. The normalized spacial score (nSPS) is 12.3. The van der Waals surface area contributed by atoms with Gasteiger partial charge in [-0.15, -0.1) is 0 Å². The van der Waals surface area contributed by atoms with E-state index < -0.39 is 48.0 Å². The van der Waals surface area contributed by atoms with E-state index in [0.29, 0.717) is 64.7 Å². The summed E-state index contributed by atoms with van der Waals surface area (Å²) in [5, 5.41) is 11.0. The van der Waals surface area contributed by atoms with E-state index in [0.717, 1.165) is 35.1 Å². The maximum absolute atomic E-state index is 13.5. The van der Waals surface area contributed by atoms with Crippen LogP contribution in [0, 0.1) is 0 Å². The Morgan fingerprint density at radius 3 is 1.47 bits per heavy atom. The van der Waals surface area contributed by atoms with Crippen LogP contribution in [0.25, 0.3) is 0 Å². The number of nitrogens with one attached hydrogen (secondary N) is 4. The zero-order chi connectivity index (χ0) is 50.2. The Balaban J connectivity index is 1.28. The van der Waals surface area contributed by atoms with Gasteiger partial charge in [-0.1, -0.05) is 109 Å². The van der Waals surface area contributed by atoms with Crippen LogP contribution in [0.3, 0.4) is 0 Å². The monoisotopic (exact) mass is 969 g/mol. The number of hydrogen-bond acceptors (Lipinski definition) is 11. The molecule has 0 unspecified atom stereocenters. The van der Waals surface area contributed by atoms with Gasteiger partial charge in [0.15, 0.2) is 0 Å². The summed E-state index contributed by atoms with van der Waals surface area (Å²) >= 11 is 0. The molecule has 4 rings (SSSR count). The van der Waals surface area contributed by atoms with Gasteiger partial charge in [0.05, 0.1) is 0 Å². The highest BCUT2D eigenvalue weighted by Crippen LogP contribution is 2.13. The number of carbonyl (C=O) groups excluding carboxylic acids is 6. The molecule has 1 aliphatic carbocycles. The lowest BCUT2D eigenvalue weighted by Crippen LogP contribution is -2.48. The first-order chi connectivity index (χ1) is 33.8. The average molecular weight is 969 g/mol. The Morgan fingerprint density at radius 1 is 0.529 bits per heavy atom. The predicted octanol–water partition coefficient (Wildman–Crippen LogP) is 8.93. The van der Waals surface area contributed by atoms with Gasteiger partial charge >= 0.3 is 30.5 Å². The maximum Gasteiger partial charge on any atom is 0.410 e. The number of alkyl carbamates (subject to hydrolysis) is 3. The Bertz CT molecular complexity index is 2100. The molecule has 0 saturated heterocycles. The third kappa shape index (κ3) is 24.3. The largest absolute Gasteiger partial charge is 0.445 e. The molecule has 0 saturated carbocycles. The fourth-order valence-corrected chi connectivity index (χ4v) is 7.01. The zero-order valence-electron chi connectivity index (χ0n) is 41.0. The van der Waals surface area contributed by atoms with Gasteiger partial charge in [-0.05, 0) is 101 Å². The van der Waals surface area contributed by atoms with Gasteiger partial charge in [0.1, 0.15) is 38.1 Å². The molecule has 3 aromatic carbocycles. The van der Waals surface area contributed by atoms with Crippen LogP contribution in [-0.4, -0.2) is 110 Å². The highest BCUT2D eigenvalue weighted by atomic mass is 16.6. The van der Waals surface area contributed by atoms with Crippen molar-refractivity contribution in [1.29, 1.82) is 0 Å². The molecule has 0 spiro atoms. The van der Waals surface area contributed by atoms with Gasteiger partial charge in [-0.25, -0.2) is 24.0 Å². The highest BCUT2D eigenvalue weighted by Gasteiger charge is 2.25. The maximum atomic E-state index is 13.5. The first kappa shape index (κ1) is 55.6. The van der Waals surface area contributed by atoms with Crippen molar-refractivity contribution in [3.8, 4) is 0 Å². The van der Waals surface area contributed by atoms with Gasteiger partial charge in [0.25, 0.3) is 0 Å². The molecule has 0 aromatic heterocycles. The minimum atomic E-state index is -0.912. The van der Waals surface area contributed by atoms with Gasteiger partial charge in [0, 0.05) is 45.8 Å². The van der Waals surface area contributed by atoms with Crippen LogP contribution in [0.1, 0.15) is 95.2 Å². The van der Waals surface area contributed by atoms with Crippen molar-refractivity contribution >= 4 is 36.4 Å². The van der Waals surface area contributed by atoms with E-state index in [1.165, 1.54) is 0 Å². The number of unbranched alkanes of at least 4 members (excludes halogenated alkanes) is 2. The molecule has 6 amide bonds. The third-order valence-electron chi connectivity index (χ3n) is 10.7. The van der Waals surface area contributed by atoms with E-state index in [9.17, 15) is 28.8 Å². The summed E-state index contributed by atoms with van der Waals surface area (Å²) in [6.07, 6.45) is 8.29. The lowest BCUT2D eigenvalue weighted by atomic mass is 10.1. The molecule has 380 valence electrons. The first-order valence-corrected chi connectivity index (χ1v) is 24.2. The summed E-state index contributed by atoms with van der Waals surface area (Å²) in [6, 6.07) is 27.2. The second-order valence-corrected chi connectivity index (χ2v) is 17.7. The Morgan fingerprint density at radius 2 is 0.986 bits per heavy atom. The van der Waals surface area contributed by atoms with Crippen LogP contribution in [0.15, 0.2) is 115 Å². The molecular weight excluding hydrogens is 897 g/mol. The van der Waals surface area contributed by atoms with E-state index in [1.807, 2.05) is 109 Å². The molecule has 17 heteroatoms. The summed E-state index contributed by atoms with van der Waals surface area (Å²) in [6.45, 7) is 7.71. The zero-order valence-corrected chi connectivity index (χ0v) is 41.0. The van der Waals surface area contributed by atoms with Gasteiger partial charge in [-0.2, -0.15) is 0 Å². The molecule has 0 radical (unpaired) electrons. The van der Waals surface area contributed by atoms with E-state index >= 15 is 0 Å². The number of carbonyl (C=O) groups is 6. The van der Waals surface area contributed by atoms with Crippen LogP contribution >= 0.6 is 0 Å². The van der Waals surface area contributed by atoms with Crippen molar-refractivity contribution in [3.63, 3.8) is 0 Å². The van der Waals surface area contributed by atoms with E-state index in [4.69, 9.17) is 23.7 Å². The summed E-state index contributed by atoms with van der Waals surface area (Å²) < 4.78 is 27.4. The van der Waals surface area contributed by atoms with Crippen molar-refractivity contribution in [2.75, 3.05) is 52.4 Å². The van der Waals surface area contributed by atoms with E-state index in [2.05, 4.69) is 21.3 Å². The third-order valence-corrected chi connectivity index (χ3v) is 10.7. The van der Waals surface area contributed by atoms with Crippen LogP contribution in [-0.2, 0) is 48.3 Å². The number of rotatable bonds is 28. The van der Waals surface area contributed by atoms with Crippen LogP contribution in [0.2, 0.25) is 0 Å². The smallest absolute Gasteiger partial charge is 0.410 e. The van der Waals surface area contributed by atoms with Gasteiger partial charge < -0.3 is 54.8 Å². The van der Waals surface area contributed by atoms with Crippen LogP contribution in [0.4, 0.5) is 24.0 Å². The second-order valence-electron chi connectivity index (χ2n) is 17.7. The number of benzene rings is 3. The molecule has 0 bridgehead atoms. The number of amides is 6. The molecule has 0 aliphatic heterocycles. The van der Waals surface area contributed by atoms with Crippen molar-refractivity contribution in [3.05, 3.63) is 131 Å². The lowest BCUT2D eigenvalue weighted by molar-refractivity contribution is -0.123. The average Bonchev–Trinajstić information content (AvgIpc) is 3.36. The first-order valence-electron chi connectivity index (χ1n) is 24.2. The van der Waals surface area contributed by atoms with Crippen molar-refractivity contribution in [1.82, 2.24) is 31.1 Å². The minimum Gasteiger partial charge on any atom is -0.445 e. The molecule has 4 N–H and O–H groups in total. The van der Waals surface area contributed by atoms with Crippen molar-refractivity contribution < 1.29 is 52.5 Å². The predicted molar refractivity (Wildman–Crippen MR) is 265 cm³/mol. The van der Waals surface area contributed by atoms with Crippen molar-refractivity contribution in [2.24, 2.45) is 0 Å². The molecule has 70 heavy (non-hydrogen) atoms.